The van der Waals surface area contributed by atoms with Gasteiger partial charge in [-0.3, -0.25) is 4.98 Å². The summed E-state index contributed by atoms with van der Waals surface area (Å²) in [6.07, 6.45) is 13.4. The Hall–Kier alpha value is -0.890. The van der Waals surface area contributed by atoms with Gasteiger partial charge in [-0.1, -0.05) is 32.6 Å². The summed E-state index contributed by atoms with van der Waals surface area (Å²) >= 11 is 0. The van der Waals surface area contributed by atoms with Crippen LogP contribution in [0.25, 0.3) is 0 Å². The van der Waals surface area contributed by atoms with E-state index in [9.17, 15) is 0 Å². The van der Waals surface area contributed by atoms with Gasteiger partial charge in [0, 0.05) is 18.4 Å². The molecule has 2 heteroatoms. The van der Waals surface area contributed by atoms with E-state index in [4.69, 9.17) is 0 Å². The first-order valence-electron chi connectivity index (χ1n) is 7.46. The molecular formula is C16H26N2. The lowest BCUT2D eigenvalue weighted by Crippen LogP contribution is -2.26. The third-order valence-corrected chi connectivity index (χ3v) is 4.34. The Balaban J connectivity index is 2.20. The number of aryl methyl sites for hydroxylation is 1. The predicted octanol–water partition coefficient (Wildman–Crippen LogP) is 3.87. The third-order valence-electron chi connectivity index (χ3n) is 4.34. The van der Waals surface area contributed by atoms with Crippen LogP contribution >= 0.6 is 0 Å². The lowest BCUT2D eigenvalue weighted by Gasteiger charge is -2.27. The summed E-state index contributed by atoms with van der Waals surface area (Å²) in [5, 5.41) is 3.56. The summed E-state index contributed by atoms with van der Waals surface area (Å²) in [7, 11) is 2.11. The second-order valence-electron chi connectivity index (χ2n) is 5.45. The van der Waals surface area contributed by atoms with E-state index in [2.05, 4.69) is 30.3 Å². The Kier molecular flexibility index (Phi) is 5.18. The SMILES string of the molecule is CCc1cnccc1C(NC)C1CCCCCC1. The van der Waals surface area contributed by atoms with Gasteiger partial charge < -0.3 is 5.32 Å². The maximum absolute atomic E-state index is 4.27. The minimum Gasteiger partial charge on any atom is -0.313 e. The van der Waals surface area contributed by atoms with Crippen LogP contribution in [0.5, 0.6) is 0 Å². The van der Waals surface area contributed by atoms with E-state index in [1.54, 1.807) is 0 Å². The highest BCUT2D eigenvalue weighted by Gasteiger charge is 2.24. The Morgan fingerprint density at radius 2 is 2.00 bits per heavy atom. The Bertz CT molecular complexity index is 354. The minimum atomic E-state index is 0.515. The average molecular weight is 246 g/mol. The standard InChI is InChI=1S/C16H26N2/c1-3-13-12-18-11-10-15(13)16(17-2)14-8-6-4-5-7-9-14/h10-12,14,16-17H,3-9H2,1-2H3. The summed E-state index contributed by atoms with van der Waals surface area (Å²) in [5.74, 6) is 0.796. The molecule has 1 N–H and O–H groups in total. The monoisotopic (exact) mass is 246 g/mol. The van der Waals surface area contributed by atoms with Gasteiger partial charge in [0.05, 0.1) is 0 Å². The maximum Gasteiger partial charge on any atom is 0.0350 e. The molecule has 0 amide bonds. The molecule has 2 nitrogen and oxygen atoms in total. The molecule has 0 spiro atoms. The van der Waals surface area contributed by atoms with Crippen molar-refractivity contribution >= 4 is 0 Å². The molecule has 0 saturated heterocycles. The van der Waals surface area contributed by atoms with Crippen LogP contribution < -0.4 is 5.32 Å². The number of hydrogen-bond donors (Lipinski definition) is 1. The number of nitrogens with zero attached hydrogens (tertiary/aromatic N) is 1. The van der Waals surface area contributed by atoms with Crippen molar-refractivity contribution < 1.29 is 0 Å². The van der Waals surface area contributed by atoms with E-state index in [0.717, 1.165) is 12.3 Å². The van der Waals surface area contributed by atoms with Gasteiger partial charge in [-0.2, -0.15) is 0 Å². The molecule has 0 aromatic carbocycles. The van der Waals surface area contributed by atoms with E-state index < -0.39 is 0 Å². The summed E-state index contributed by atoms with van der Waals surface area (Å²) in [6, 6.07) is 2.73. The van der Waals surface area contributed by atoms with Crippen molar-refractivity contribution in [1.29, 1.82) is 0 Å². The van der Waals surface area contributed by atoms with Gasteiger partial charge in [0.25, 0.3) is 0 Å². The topological polar surface area (TPSA) is 24.9 Å². The lowest BCUT2D eigenvalue weighted by atomic mass is 9.85. The number of aromatic nitrogens is 1. The van der Waals surface area contributed by atoms with Crippen molar-refractivity contribution in [3.8, 4) is 0 Å². The molecule has 2 rings (SSSR count). The zero-order valence-corrected chi connectivity index (χ0v) is 11.8. The van der Waals surface area contributed by atoms with Crippen molar-refractivity contribution in [2.75, 3.05) is 7.05 Å². The molecule has 1 aromatic rings. The molecule has 1 unspecified atom stereocenters. The largest absolute Gasteiger partial charge is 0.313 e. The Labute approximate surface area is 111 Å². The van der Waals surface area contributed by atoms with Crippen molar-refractivity contribution in [1.82, 2.24) is 10.3 Å². The number of pyridine rings is 1. The fraction of sp³-hybridized carbons (Fsp3) is 0.688. The number of rotatable bonds is 4. The van der Waals surface area contributed by atoms with Crippen LogP contribution in [0.2, 0.25) is 0 Å². The molecule has 0 bridgehead atoms. The van der Waals surface area contributed by atoms with Crippen LogP contribution in [0, 0.1) is 5.92 Å². The third kappa shape index (κ3) is 3.11. The van der Waals surface area contributed by atoms with Crippen molar-refractivity contribution in [3.63, 3.8) is 0 Å². The van der Waals surface area contributed by atoms with Gasteiger partial charge in [0.1, 0.15) is 0 Å². The average Bonchev–Trinajstić information content (AvgIpc) is 2.69. The quantitative estimate of drug-likeness (QED) is 0.816. The van der Waals surface area contributed by atoms with E-state index >= 15 is 0 Å². The minimum absolute atomic E-state index is 0.515. The van der Waals surface area contributed by atoms with Gasteiger partial charge in [0.15, 0.2) is 0 Å². The first-order chi connectivity index (χ1) is 8.86. The number of nitrogens with one attached hydrogen (secondary N) is 1. The molecule has 18 heavy (non-hydrogen) atoms. The van der Waals surface area contributed by atoms with Crippen molar-refractivity contribution in [3.05, 3.63) is 29.6 Å². The van der Waals surface area contributed by atoms with Crippen LogP contribution in [-0.4, -0.2) is 12.0 Å². The van der Waals surface area contributed by atoms with Gasteiger partial charge in [-0.05, 0) is 49.4 Å². The summed E-state index contributed by atoms with van der Waals surface area (Å²) < 4.78 is 0. The lowest BCUT2D eigenvalue weighted by molar-refractivity contribution is 0.340. The Morgan fingerprint density at radius 3 is 2.61 bits per heavy atom. The first-order valence-corrected chi connectivity index (χ1v) is 7.46. The molecule has 1 heterocycles. The van der Waals surface area contributed by atoms with E-state index in [0.29, 0.717) is 6.04 Å². The van der Waals surface area contributed by atoms with Gasteiger partial charge >= 0.3 is 0 Å². The van der Waals surface area contributed by atoms with Crippen LogP contribution in [0.15, 0.2) is 18.5 Å². The van der Waals surface area contributed by atoms with Crippen LogP contribution in [0.3, 0.4) is 0 Å². The molecule has 1 aliphatic rings. The van der Waals surface area contributed by atoms with Crippen molar-refractivity contribution in [2.45, 2.75) is 57.9 Å². The van der Waals surface area contributed by atoms with Gasteiger partial charge in [-0.25, -0.2) is 0 Å². The normalized spacial score (nSPS) is 19.4. The van der Waals surface area contributed by atoms with Crippen LogP contribution in [0.4, 0.5) is 0 Å². The Morgan fingerprint density at radius 1 is 1.28 bits per heavy atom. The fourth-order valence-electron chi connectivity index (χ4n) is 3.33. The summed E-state index contributed by atoms with van der Waals surface area (Å²) in [5.41, 5.74) is 2.88. The predicted molar refractivity (Wildman–Crippen MR) is 76.6 cm³/mol. The maximum atomic E-state index is 4.27. The van der Waals surface area contributed by atoms with Gasteiger partial charge in [-0.15, -0.1) is 0 Å². The summed E-state index contributed by atoms with van der Waals surface area (Å²) in [4.78, 5) is 4.27. The molecule has 1 fully saturated rings. The fourth-order valence-corrected chi connectivity index (χ4v) is 3.33. The molecule has 1 saturated carbocycles. The summed E-state index contributed by atoms with van der Waals surface area (Å²) in [6.45, 7) is 2.22. The number of hydrogen-bond acceptors (Lipinski definition) is 2. The highest BCUT2D eigenvalue weighted by Crippen LogP contribution is 2.34. The highest BCUT2D eigenvalue weighted by molar-refractivity contribution is 5.27. The van der Waals surface area contributed by atoms with Crippen LogP contribution in [0.1, 0.15) is 62.6 Å². The zero-order chi connectivity index (χ0) is 12.8. The van der Waals surface area contributed by atoms with E-state index in [-0.39, 0.29) is 0 Å². The van der Waals surface area contributed by atoms with E-state index in [1.807, 2.05) is 12.4 Å². The molecule has 0 radical (unpaired) electrons. The molecule has 100 valence electrons. The molecule has 1 aromatic heterocycles. The molecular weight excluding hydrogens is 220 g/mol. The molecule has 1 aliphatic carbocycles. The second-order valence-corrected chi connectivity index (χ2v) is 5.45. The smallest absolute Gasteiger partial charge is 0.0350 e. The highest BCUT2D eigenvalue weighted by atomic mass is 14.9. The van der Waals surface area contributed by atoms with Crippen LogP contribution in [-0.2, 0) is 6.42 Å². The zero-order valence-electron chi connectivity index (χ0n) is 11.8. The van der Waals surface area contributed by atoms with Crippen molar-refractivity contribution in [2.24, 2.45) is 5.92 Å². The molecule has 0 aliphatic heterocycles. The second kappa shape index (κ2) is 6.89. The first kappa shape index (κ1) is 13.5. The molecule has 1 atom stereocenters. The van der Waals surface area contributed by atoms with E-state index in [1.165, 1.54) is 49.7 Å². The van der Waals surface area contributed by atoms with Gasteiger partial charge in [0.2, 0.25) is 0 Å².